The van der Waals surface area contributed by atoms with Gasteiger partial charge in [0.2, 0.25) is 0 Å². The molecule has 1 fully saturated rings. The minimum Gasteiger partial charge on any atom is -0.312 e. The van der Waals surface area contributed by atoms with E-state index in [1.807, 2.05) is 18.2 Å². The Labute approximate surface area is 107 Å². The van der Waals surface area contributed by atoms with Crippen LogP contribution in [0.1, 0.15) is 12.5 Å². The van der Waals surface area contributed by atoms with Crippen LogP contribution in [0.2, 0.25) is 10.0 Å². The summed E-state index contributed by atoms with van der Waals surface area (Å²) in [6.45, 7) is 6.39. The van der Waals surface area contributed by atoms with Crippen LogP contribution >= 0.6 is 23.2 Å². The topological polar surface area (TPSA) is 15.3 Å². The number of piperazine rings is 1. The lowest BCUT2D eigenvalue weighted by molar-refractivity contribution is 0.199. The fourth-order valence-corrected chi connectivity index (χ4v) is 2.37. The van der Waals surface area contributed by atoms with E-state index in [0.717, 1.165) is 26.2 Å². The van der Waals surface area contributed by atoms with Crippen LogP contribution in [0.25, 0.3) is 0 Å². The highest BCUT2D eigenvalue weighted by Crippen LogP contribution is 2.23. The first-order valence-electron chi connectivity index (χ1n) is 5.55. The molecule has 1 atom stereocenters. The van der Waals surface area contributed by atoms with Gasteiger partial charge in [0.05, 0.1) is 10.0 Å². The average Bonchev–Trinajstić information content (AvgIpc) is 2.24. The number of hydrogen-bond acceptors (Lipinski definition) is 2. The summed E-state index contributed by atoms with van der Waals surface area (Å²) < 4.78 is 0. The van der Waals surface area contributed by atoms with Crippen molar-refractivity contribution < 1.29 is 0 Å². The van der Waals surface area contributed by atoms with Crippen molar-refractivity contribution in [2.75, 3.05) is 19.6 Å². The molecule has 2 nitrogen and oxygen atoms in total. The molecule has 4 heteroatoms. The molecule has 1 aromatic rings. The molecule has 16 heavy (non-hydrogen) atoms. The van der Waals surface area contributed by atoms with E-state index < -0.39 is 0 Å². The molecule has 1 aromatic carbocycles. The molecule has 0 aliphatic carbocycles. The number of nitrogens with one attached hydrogen (secondary N) is 1. The van der Waals surface area contributed by atoms with Crippen LogP contribution in [0.3, 0.4) is 0 Å². The Morgan fingerprint density at radius 3 is 2.88 bits per heavy atom. The quantitative estimate of drug-likeness (QED) is 0.878. The Hall–Kier alpha value is -0.280. The summed E-state index contributed by atoms with van der Waals surface area (Å²) in [5, 5.41) is 4.69. The van der Waals surface area contributed by atoms with Crippen LogP contribution in [0.4, 0.5) is 0 Å². The lowest BCUT2D eigenvalue weighted by atomic mass is 10.1. The van der Waals surface area contributed by atoms with Gasteiger partial charge in [-0.2, -0.15) is 0 Å². The highest BCUT2D eigenvalue weighted by atomic mass is 35.5. The van der Waals surface area contributed by atoms with Gasteiger partial charge in [-0.3, -0.25) is 4.90 Å². The van der Waals surface area contributed by atoms with E-state index in [9.17, 15) is 0 Å². The third-order valence-corrected chi connectivity index (χ3v) is 3.58. The van der Waals surface area contributed by atoms with Crippen molar-refractivity contribution in [3.63, 3.8) is 0 Å². The van der Waals surface area contributed by atoms with Crippen LogP contribution in [-0.2, 0) is 6.54 Å². The Morgan fingerprint density at radius 2 is 2.19 bits per heavy atom. The summed E-state index contributed by atoms with van der Waals surface area (Å²) in [5.74, 6) is 0. The number of halogens is 2. The average molecular weight is 259 g/mol. The standard InChI is InChI=1S/C12H16Cl2N2/c1-9-7-16(5-4-15-9)8-10-2-3-11(13)12(14)6-10/h2-3,6,9,15H,4-5,7-8H2,1H3. The van der Waals surface area contributed by atoms with Crippen molar-refractivity contribution in [1.82, 2.24) is 10.2 Å². The smallest absolute Gasteiger partial charge is 0.0595 e. The fraction of sp³-hybridized carbons (Fsp3) is 0.500. The molecule has 1 heterocycles. The monoisotopic (exact) mass is 258 g/mol. The van der Waals surface area contributed by atoms with Crippen molar-refractivity contribution in [2.24, 2.45) is 0 Å². The van der Waals surface area contributed by atoms with Gasteiger partial charge >= 0.3 is 0 Å². The zero-order chi connectivity index (χ0) is 11.5. The number of rotatable bonds is 2. The lowest BCUT2D eigenvalue weighted by Crippen LogP contribution is -2.48. The van der Waals surface area contributed by atoms with Gasteiger partial charge < -0.3 is 5.32 Å². The maximum Gasteiger partial charge on any atom is 0.0595 e. The summed E-state index contributed by atoms with van der Waals surface area (Å²) in [5.41, 5.74) is 1.23. The van der Waals surface area contributed by atoms with Crippen molar-refractivity contribution in [1.29, 1.82) is 0 Å². The molecule has 2 rings (SSSR count). The van der Waals surface area contributed by atoms with E-state index in [1.165, 1.54) is 5.56 Å². The molecule has 0 radical (unpaired) electrons. The molecule has 1 saturated heterocycles. The Kier molecular flexibility index (Phi) is 4.09. The van der Waals surface area contributed by atoms with Gasteiger partial charge in [0.15, 0.2) is 0 Å². The van der Waals surface area contributed by atoms with Gasteiger partial charge in [-0.1, -0.05) is 29.3 Å². The Morgan fingerprint density at radius 1 is 1.38 bits per heavy atom. The van der Waals surface area contributed by atoms with E-state index in [-0.39, 0.29) is 0 Å². The molecular weight excluding hydrogens is 243 g/mol. The molecular formula is C12H16Cl2N2. The lowest BCUT2D eigenvalue weighted by Gasteiger charge is -2.31. The van der Waals surface area contributed by atoms with Crippen LogP contribution in [-0.4, -0.2) is 30.6 Å². The molecule has 88 valence electrons. The van der Waals surface area contributed by atoms with Gasteiger partial charge in [0.1, 0.15) is 0 Å². The SMILES string of the molecule is CC1CN(Cc2ccc(Cl)c(Cl)c2)CCN1. The van der Waals surface area contributed by atoms with Gasteiger partial charge in [-0.25, -0.2) is 0 Å². The van der Waals surface area contributed by atoms with E-state index in [4.69, 9.17) is 23.2 Å². The minimum atomic E-state index is 0.566. The predicted molar refractivity (Wildman–Crippen MR) is 69.2 cm³/mol. The molecule has 0 aromatic heterocycles. The molecule has 1 aliphatic rings. The number of hydrogen-bond donors (Lipinski definition) is 1. The normalized spacial score (nSPS) is 22.3. The third kappa shape index (κ3) is 3.11. The van der Waals surface area contributed by atoms with E-state index in [2.05, 4.69) is 17.1 Å². The number of nitrogens with zero attached hydrogens (tertiary/aromatic N) is 1. The highest BCUT2D eigenvalue weighted by molar-refractivity contribution is 6.42. The summed E-state index contributed by atoms with van der Waals surface area (Å²) in [6, 6.07) is 6.43. The van der Waals surface area contributed by atoms with Crippen molar-refractivity contribution >= 4 is 23.2 Å². The second kappa shape index (κ2) is 5.37. The second-order valence-corrected chi connectivity index (χ2v) is 5.15. The zero-order valence-corrected chi connectivity index (χ0v) is 10.9. The highest BCUT2D eigenvalue weighted by Gasteiger charge is 2.15. The second-order valence-electron chi connectivity index (χ2n) is 4.34. The molecule has 0 amide bonds. The first kappa shape index (κ1) is 12.2. The maximum atomic E-state index is 6.00. The van der Waals surface area contributed by atoms with Crippen molar-refractivity contribution in [2.45, 2.75) is 19.5 Å². The summed E-state index contributed by atoms with van der Waals surface area (Å²) in [6.07, 6.45) is 0. The van der Waals surface area contributed by atoms with Crippen LogP contribution in [0, 0.1) is 0 Å². The molecule has 1 aliphatic heterocycles. The minimum absolute atomic E-state index is 0.566. The van der Waals surface area contributed by atoms with Gasteiger partial charge in [-0.05, 0) is 24.6 Å². The first-order valence-corrected chi connectivity index (χ1v) is 6.30. The summed E-state index contributed by atoms with van der Waals surface area (Å²) in [4.78, 5) is 2.43. The molecule has 0 spiro atoms. The molecule has 0 bridgehead atoms. The molecule has 0 saturated carbocycles. The van der Waals surface area contributed by atoms with Gasteiger partial charge in [-0.15, -0.1) is 0 Å². The van der Waals surface area contributed by atoms with Gasteiger partial charge in [0, 0.05) is 32.2 Å². The van der Waals surface area contributed by atoms with E-state index >= 15 is 0 Å². The van der Waals surface area contributed by atoms with Crippen LogP contribution in [0.5, 0.6) is 0 Å². The van der Waals surface area contributed by atoms with Crippen LogP contribution < -0.4 is 5.32 Å². The Bertz CT molecular complexity index is 368. The largest absolute Gasteiger partial charge is 0.312 e. The third-order valence-electron chi connectivity index (χ3n) is 2.84. The van der Waals surface area contributed by atoms with Gasteiger partial charge in [0.25, 0.3) is 0 Å². The molecule has 1 unspecified atom stereocenters. The zero-order valence-electron chi connectivity index (χ0n) is 9.34. The summed E-state index contributed by atoms with van der Waals surface area (Å²) >= 11 is 11.9. The predicted octanol–water partition coefficient (Wildman–Crippen LogP) is 2.79. The summed E-state index contributed by atoms with van der Waals surface area (Å²) in [7, 11) is 0. The molecule has 1 N–H and O–H groups in total. The Balaban J connectivity index is 2.00. The van der Waals surface area contributed by atoms with E-state index in [1.54, 1.807) is 0 Å². The van der Waals surface area contributed by atoms with Crippen molar-refractivity contribution in [3.05, 3.63) is 33.8 Å². The van der Waals surface area contributed by atoms with Crippen LogP contribution in [0.15, 0.2) is 18.2 Å². The van der Waals surface area contributed by atoms with E-state index in [0.29, 0.717) is 16.1 Å². The first-order chi connectivity index (χ1) is 7.65. The van der Waals surface area contributed by atoms with Crippen molar-refractivity contribution in [3.8, 4) is 0 Å². The maximum absolute atomic E-state index is 6.00. The number of benzene rings is 1. The fourth-order valence-electron chi connectivity index (χ4n) is 2.05.